The van der Waals surface area contributed by atoms with E-state index in [4.69, 9.17) is 4.74 Å². The molecule has 1 radical (unpaired) electrons. The van der Waals surface area contributed by atoms with E-state index in [0.29, 0.717) is 25.0 Å². The van der Waals surface area contributed by atoms with Gasteiger partial charge >= 0.3 is 0 Å². The molecule has 2 heterocycles. The standard InChI is InChI=1S/C26H24NO3/c28-17-19-8-6-12-23-24(19)25(22-11-5-4-7-20(22)18-30-23)27-15-13-26(29,14-16-27)21-9-2-1-3-10-21/h1-7,9-12,17,25,29H,13-16,18H2. The summed E-state index contributed by atoms with van der Waals surface area (Å²) in [6.45, 7) is 1.91. The van der Waals surface area contributed by atoms with Gasteiger partial charge in [-0.25, -0.2) is 0 Å². The average Bonchev–Trinajstić information content (AvgIpc) is 2.97. The van der Waals surface area contributed by atoms with Crippen LogP contribution in [-0.2, 0) is 12.2 Å². The third kappa shape index (κ3) is 3.22. The van der Waals surface area contributed by atoms with Crippen LogP contribution in [0.4, 0.5) is 0 Å². The number of nitrogens with zero attached hydrogens (tertiary/aromatic N) is 1. The Hall–Kier alpha value is -2.95. The molecule has 0 amide bonds. The van der Waals surface area contributed by atoms with E-state index >= 15 is 0 Å². The molecule has 0 aromatic heterocycles. The van der Waals surface area contributed by atoms with Gasteiger partial charge in [0.25, 0.3) is 0 Å². The topological polar surface area (TPSA) is 49.8 Å². The molecule has 0 aliphatic carbocycles. The fourth-order valence-electron chi connectivity index (χ4n) is 4.82. The first kappa shape index (κ1) is 19.0. The molecule has 1 N–H and O–H groups in total. The molecule has 1 unspecified atom stereocenters. The minimum absolute atomic E-state index is 0.100. The number of carbonyl (C=O) groups excluding carboxylic acids is 1. The van der Waals surface area contributed by atoms with Gasteiger partial charge in [0.05, 0.1) is 11.6 Å². The third-order valence-electron chi connectivity index (χ3n) is 6.45. The van der Waals surface area contributed by atoms with Crippen molar-refractivity contribution in [2.45, 2.75) is 31.1 Å². The van der Waals surface area contributed by atoms with Crippen molar-refractivity contribution < 1.29 is 14.6 Å². The van der Waals surface area contributed by atoms with Crippen LogP contribution in [0.2, 0.25) is 0 Å². The number of fused-ring (bicyclic) bond motifs is 2. The molecule has 1 fully saturated rings. The maximum atomic E-state index is 11.9. The summed E-state index contributed by atoms with van der Waals surface area (Å²) in [5.41, 5.74) is 3.85. The summed E-state index contributed by atoms with van der Waals surface area (Å²) in [6.07, 6.45) is 2.14. The number of aliphatic hydroxyl groups is 1. The summed E-state index contributed by atoms with van der Waals surface area (Å²) in [4.78, 5) is 14.2. The molecule has 5 rings (SSSR count). The number of piperidine rings is 1. The van der Waals surface area contributed by atoms with Crippen molar-refractivity contribution in [3.8, 4) is 5.75 Å². The van der Waals surface area contributed by atoms with E-state index in [0.717, 1.165) is 47.4 Å². The van der Waals surface area contributed by atoms with Gasteiger partial charge in [-0.3, -0.25) is 9.69 Å². The Bertz CT molecular complexity index is 1050. The smallest absolute Gasteiger partial charge is 0.151 e. The number of carbonyl (C=O) groups is 1. The summed E-state index contributed by atoms with van der Waals surface area (Å²) < 4.78 is 6.09. The number of rotatable bonds is 3. The van der Waals surface area contributed by atoms with Crippen molar-refractivity contribution in [2.75, 3.05) is 13.1 Å². The fraction of sp³-hybridized carbons (Fsp3) is 0.269. The highest BCUT2D eigenvalue weighted by Crippen LogP contribution is 2.44. The minimum atomic E-state index is -0.822. The molecule has 3 aromatic rings. The normalized spacial score (nSPS) is 20.4. The van der Waals surface area contributed by atoms with Crippen LogP contribution in [0, 0.1) is 6.07 Å². The van der Waals surface area contributed by atoms with E-state index in [-0.39, 0.29) is 6.04 Å². The number of benzene rings is 3. The second-order valence-electron chi connectivity index (χ2n) is 8.11. The monoisotopic (exact) mass is 398 g/mol. The first-order valence-corrected chi connectivity index (χ1v) is 10.4. The van der Waals surface area contributed by atoms with Crippen LogP contribution in [0.3, 0.4) is 0 Å². The highest BCUT2D eigenvalue weighted by Gasteiger charge is 2.39. The number of ether oxygens (including phenoxy) is 1. The zero-order valence-electron chi connectivity index (χ0n) is 16.8. The number of likely N-dealkylation sites (tertiary alicyclic amines) is 1. The number of aldehydes is 1. The van der Waals surface area contributed by atoms with Crippen molar-refractivity contribution in [3.05, 3.63) is 101 Å². The summed E-state index contributed by atoms with van der Waals surface area (Å²) in [5.74, 6) is 0.737. The third-order valence-corrected chi connectivity index (χ3v) is 6.45. The fourth-order valence-corrected chi connectivity index (χ4v) is 4.82. The molecule has 0 spiro atoms. The van der Waals surface area contributed by atoms with Crippen molar-refractivity contribution in [3.63, 3.8) is 0 Å². The summed E-state index contributed by atoms with van der Waals surface area (Å²) in [5, 5.41) is 11.3. The van der Waals surface area contributed by atoms with Crippen LogP contribution in [0.1, 0.15) is 51.5 Å². The molecule has 4 nitrogen and oxygen atoms in total. The molecule has 4 heteroatoms. The maximum absolute atomic E-state index is 11.9. The van der Waals surface area contributed by atoms with Crippen molar-refractivity contribution in [1.82, 2.24) is 4.90 Å². The van der Waals surface area contributed by atoms with Crippen LogP contribution < -0.4 is 4.74 Å². The van der Waals surface area contributed by atoms with Gasteiger partial charge in [-0.1, -0.05) is 54.6 Å². The molecule has 1 saturated heterocycles. The van der Waals surface area contributed by atoms with E-state index < -0.39 is 5.60 Å². The van der Waals surface area contributed by atoms with Crippen LogP contribution in [0.25, 0.3) is 0 Å². The lowest BCUT2D eigenvalue weighted by Crippen LogP contribution is -2.44. The average molecular weight is 398 g/mol. The summed E-state index contributed by atoms with van der Waals surface area (Å²) >= 11 is 0. The lowest BCUT2D eigenvalue weighted by atomic mass is 9.82. The maximum Gasteiger partial charge on any atom is 0.151 e. The highest BCUT2D eigenvalue weighted by molar-refractivity contribution is 5.79. The quantitative estimate of drug-likeness (QED) is 0.670. The molecule has 151 valence electrons. The van der Waals surface area contributed by atoms with E-state index in [9.17, 15) is 9.90 Å². The predicted molar refractivity (Wildman–Crippen MR) is 114 cm³/mol. The van der Waals surface area contributed by atoms with Crippen molar-refractivity contribution >= 4 is 6.29 Å². The van der Waals surface area contributed by atoms with Gasteiger partial charge in [0.1, 0.15) is 12.4 Å². The molecule has 0 bridgehead atoms. The first-order chi connectivity index (χ1) is 14.7. The van der Waals surface area contributed by atoms with E-state index in [2.05, 4.69) is 23.1 Å². The molecular formula is C26H24NO3. The largest absolute Gasteiger partial charge is 0.489 e. The second kappa shape index (κ2) is 7.71. The zero-order valence-corrected chi connectivity index (χ0v) is 16.8. The van der Waals surface area contributed by atoms with Gasteiger partial charge in [0.15, 0.2) is 6.29 Å². The lowest BCUT2D eigenvalue weighted by Gasteiger charge is -2.42. The van der Waals surface area contributed by atoms with E-state index in [1.165, 1.54) is 0 Å². The van der Waals surface area contributed by atoms with Crippen molar-refractivity contribution in [2.24, 2.45) is 0 Å². The number of hydrogen-bond donors (Lipinski definition) is 1. The summed E-state index contributed by atoms with van der Waals surface area (Å²) in [7, 11) is 0. The van der Waals surface area contributed by atoms with Gasteiger partial charge in [0.2, 0.25) is 0 Å². The SMILES string of the molecule is O=Cc1[c]ccc2c1C(N1CCC(O)(c3ccccc3)CC1)c1ccccc1CO2. The Labute approximate surface area is 176 Å². The van der Waals surface area contributed by atoms with Gasteiger partial charge in [-0.05, 0) is 47.7 Å². The lowest BCUT2D eigenvalue weighted by molar-refractivity contribution is -0.0325. The van der Waals surface area contributed by atoms with Crippen LogP contribution in [-0.4, -0.2) is 29.4 Å². The Morgan fingerprint density at radius 2 is 1.77 bits per heavy atom. The molecule has 2 aliphatic heterocycles. The number of hydrogen-bond acceptors (Lipinski definition) is 4. The van der Waals surface area contributed by atoms with E-state index in [1.54, 1.807) is 6.07 Å². The summed E-state index contributed by atoms with van der Waals surface area (Å²) in [6, 6.07) is 24.8. The first-order valence-electron chi connectivity index (χ1n) is 10.4. The zero-order chi connectivity index (χ0) is 20.6. The van der Waals surface area contributed by atoms with Gasteiger partial charge in [-0.15, -0.1) is 0 Å². The second-order valence-corrected chi connectivity index (χ2v) is 8.11. The van der Waals surface area contributed by atoms with Gasteiger partial charge < -0.3 is 9.84 Å². The molecule has 0 saturated carbocycles. The van der Waals surface area contributed by atoms with Crippen LogP contribution in [0.15, 0.2) is 66.7 Å². The molecule has 3 aromatic carbocycles. The Balaban J connectivity index is 1.54. The van der Waals surface area contributed by atoms with Gasteiger partial charge in [-0.2, -0.15) is 0 Å². The van der Waals surface area contributed by atoms with Crippen molar-refractivity contribution in [1.29, 1.82) is 0 Å². The molecular weight excluding hydrogens is 374 g/mol. The predicted octanol–water partition coefficient (Wildman–Crippen LogP) is 4.26. The Kier molecular flexibility index (Phi) is 4.89. The Morgan fingerprint density at radius 1 is 1.03 bits per heavy atom. The Morgan fingerprint density at radius 3 is 2.53 bits per heavy atom. The van der Waals surface area contributed by atoms with Crippen LogP contribution >= 0.6 is 0 Å². The minimum Gasteiger partial charge on any atom is -0.489 e. The van der Waals surface area contributed by atoms with E-state index in [1.807, 2.05) is 48.5 Å². The highest BCUT2D eigenvalue weighted by atomic mass is 16.5. The van der Waals surface area contributed by atoms with Crippen LogP contribution in [0.5, 0.6) is 5.75 Å². The molecule has 1 atom stereocenters. The molecule has 2 aliphatic rings. The molecule has 30 heavy (non-hydrogen) atoms. The van der Waals surface area contributed by atoms with Gasteiger partial charge in [0, 0.05) is 24.2 Å².